The highest BCUT2D eigenvalue weighted by Gasteiger charge is 2.14. The van der Waals surface area contributed by atoms with Crippen molar-refractivity contribution in [2.45, 2.75) is 59.1 Å². The van der Waals surface area contributed by atoms with Gasteiger partial charge in [-0.25, -0.2) is 0 Å². The minimum absolute atomic E-state index is 0.0289. The predicted molar refractivity (Wildman–Crippen MR) is 93.9 cm³/mol. The molecule has 0 aliphatic carbocycles. The second-order valence-corrected chi connectivity index (χ2v) is 6.17. The van der Waals surface area contributed by atoms with Gasteiger partial charge in [0.1, 0.15) is 5.75 Å². The van der Waals surface area contributed by atoms with Crippen LogP contribution in [-0.4, -0.2) is 43.2 Å². The van der Waals surface area contributed by atoms with Crippen LogP contribution in [0.2, 0.25) is 0 Å². The number of ether oxygens (including phenoxy) is 2. The quantitative estimate of drug-likeness (QED) is 0.616. The molecule has 130 valence electrons. The average molecular weight is 321 g/mol. The Morgan fingerprint density at radius 3 is 2.35 bits per heavy atom. The highest BCUT2D eigenvalue weighted by atomic mass is 16.5. The topological polar surface area (TPSA) is 38.8 Å². The molecule has 0 bridgehead atoms. The molecule has 1 atom stereocenters. The van der Waals surface area contributed by atoms with Crippen molar-refractivity contribution in [3.63, 3.8) is 0 Å². The summed E-state index contributed by atoms with van der Waals surface area (Å²) in [5.41, 5.74) is 1.30. The zero-order valence-electron chi connectivity index (χ0n) is 15.2. The third kappa shape index (κ3) is 7.51. The first-order valence-electron chi connectivity index (χ1n) is 8.52. The number of rotatable bonds is 10. The lowest BCUT2D eigenvalue weighted by molar-refractivity contribution is -0.147. The summed E-state index contributed by atoms with van der Waals surface area (Å²) >= 11 is 0. The lowest BCUT2D eigenvalue weighted by atomic mass is 10.1. The normalized spacial score (nSPS) is 12.5. The fraction of sp³-hybridized carbons (Fsp3) is 0.632. The number of hydrogen-bond donors (Lipinski definition) is 0. The fourth-order valence-corrected chi connectivity index (χ4v) is 2.67. The van der Waals surface area contributed by atoms with E-state index in [-0.39, 0.29) is 12.1 Å². The van der Waals surface area contributed by atoms with Gasteiger partial charge < -0.3 is 14.4 Å². The van der Waals surface area contributed by atoms with Gasteiger partial charge in [-0.1, -0.05) is 19.1 Å². The molecule has 0 spiro atoms. The van der Waals surface area contributed by atoms with Crippen LogP contribution in [0.1, 0.15) is 46.1 Å². The Morgan fingerprint density at radius 2 is 1.83 bits per heavy atom. The maximum Gasteiger partial charge on any atom is 0.306 e. The monoisotopic (exact) mass is 321 g/mol. The molecule has 0 amide bonds. The molecule has 0 aromatic heterocycles. The Hall–Kier alpha value is -1.55. The molecule has 0 saturated carbocycles. The van der Waals surface area contributed by atoms with Crippen molar-refractivity contribution in [1.82, 2.24) is 4.90 Å². The van der Waals surface area contributed by atoms with E-state index >= 15 is 0 Å². The van der Waals surface area contributed by atoms with Crippen molar-refractivity contribution < 1.29 is 14.3 Å². The Labute approximate surface area is 140 Å². The van der Waals surface area contributed by atoms with Crippen LogP contribution in [0.3, 0.4) is 0 Å². The summed E-state index contributed by atoms with van der Waals surface area (Å²) in [6, 6.07) is 8.67. The minimum atomic E-state index is -0.0983. The van der Waals surface area contributed by atoms with E-state index in [9.17, 15) is 4.79 Å². The standard InChI is InChI=1S/C19H31NO3/c1-6-20(13-7-8-19(21)23-15(2)3)16(4)14-17-9-11-18(22-5)12-10-17/h9-12,15-16H,6-8,13-14H2,1-5H3. The van der Waals surface area contributed by atoms with Gasteiger partial charge in [0.25, 0.3) is 0 Å². The number of carbonyl (C=O) groups excluding carboxylic acids is 1. The molecule has 0 radical (unpaired) electrons. The number of carbonyl (C=O) groups is 1. The van der Waals surface area contributed by atoms with Crippen LogP contribution in [0.5, 0.6) is 5.75 Å². The first kappa shape index (κ1) is 19.5. The Bertz CT molecular complexity index is 456. The summed E-state index contributed by atoms with van der Waals surface area (Å²) < 4.78 is 10.4. The maximum atomic E-state index is 11.6. The number of methoxy groups -OCH3 is 1. The molecule has 0 aliphatic rings. The molecule has 1 unspecified atom stereocenters. The summed E-state index contributed by atoms with van der Waals surface area (Å²) in [5.74, 6) is 0.788. The summed E-state index contributed by atoms with van der Waals surface area (Å²) in [7, 11) is 1.68. The van der Waals surface area contributed by atoms with Crippen LogP contribution >= 0.6 is 0 Å². The van der Waals surface area contributed by atoms with E-state index in [0.717, 1.165) is 31.7 Å². The fourth-order valence-electron chi connectivity index (χ4n) is 2.67. The number of likely N-dealkylation sites (N-methyl/N-ethyl adjacent to an activating group) is 1. The molecule has 0 heterocycles. The molecule has 0 saturated heterocycles. The van der Waals surface area contributed by atoms with Crippen molar-refractivity contribution >= 4 is 5.97 Å². The van der Waals surface area contributed by atoms with Gasteiger partial charge in [-0.3, -0.25) is 4.79 Å². The number of esters is 1. The summed E-state index contributed by atoms with van der Waals surface area (Å²) in [5, 5.41) is 0. The summed E-state index contributed by atoms with van der Waals surface area (Å²) in [4.78, 5) is 14.0. The first-order chi connectivity index (χ1) is 11.0. The van der Waals surface area contributed by atoms with Gasteiger partial charge in [0.2, 0.25) is 0 Å². The van der Waals surface area contributed by atoms with E-state index in [1.165, 1.54) is 5.56 Å². The van der Waals surface area contributed by atoms with Gasteiger partial charge in [0, 0.05) is 12.5 Å². The smallest absolute Gasteiger partial charge is 0.306 e. The van der Waals surface area contributed by atoms with E-state index in [1.807, 2.05) is 26.0 Å². The molecular weight excluding hydrogens is 290 g/mol. The summed E-state index contributed by atoms with van der Waals surface area (Å²) in [6.45, 7) is 10.1. The van der Waals surface area contributed by atoms with Crippen LogP contribution in [-0.2, 0) is 16.0 Å². The minimum Gasteiger partial charge on any atom is -0.497 e. The lowest BCUT2D eigenvalue weighted by Crippen LogP contribution is -2.35. The molecule has 0 aliphatic heterocycles. The second-order valence-electron chi connectivity index (χ2n) is 6.17. The van der Waals surface area contributed by atoms with Gasteiger partial charge in [0.15, 0.2) is 0 Å². The Kier molecular flexibility index (Phi) is 8.70. The van der Waals surface area contributed by atoms with E-state index in [2.05, 4.69) is 30.9 Å². The molecule has 1 aromatic rings. The van der Waals surface area contributed by atoms with Crippen LogP contribution in [0.25, 0.3) is 0 Å². The van der Waals surface area contributed by atoms with Gasteiger partial charge in [-0.2, -0.15) is 0 Å². The molecule has 0 fully saturated rings. The molecular formula is C19H31NO3. The molecule has 1 aromatic carbocycles. The highest BCUT2D eigenvalue weighted by molar-refractivity contribution is 5.69. The lowest BCUT2D eigenvalue weighted by Gasteiger charge is -2.28. The molecule has 1 rings (SSSR count). The zero-order valence-corrected chi connectivity index (χ0v) is 15.2. The van der Waals surface area contributed by atoms with Gasteiger partial charge >= 0.3 is 5.97 Å². The highest BCUT2D eigenvalue weighted by Crippen LogP contribution is 2.15. The third-order valence-electron chi connectivity index (χ3n) is 3.91. The Balaban J connectivity index is 2.41. The van der Waals surface area contributed by atoms with Crippen molar-refractivity contribution in [2.24, 2.45) is 0 Å². The predicted octanol–water partition coefficient (Wildman–Crippen LogP) is 3.68. The van der Waals surface area contributed by atoms with Crippen molar-refractivity contribution in [3.05, 3.63) is 29.8 Å². The Morgan fingerprint density at radius 1 is 1.17 bits per heavy atom. The van der Waals surface area contributed by atoms with Gasteiger partial charge in [-0.05, 0) is 64.4 Å². The first-order valence-corrected chi connectivity index (χ1v) is 8.52. The van der Waals surface area contributed by atoms with Crippen LogP contribution in [0.15, 0.2) is 24.3 Å². The largest absolute Gasteiger partial charge is 0.497 e. The molecule has 23 heavy (non-hydrogen) atoms. The summed E-state index contributed by atoms with van der Waals surface area (Å²) in [6.07, 6.45) is 2.30. The maximum absolute atomic E-state index is 11.6. The number of nitrogens with zero attached hydrogens (tertiary/aromatic N) is 1. The van der Waals surface area contributed by atoms with Crippen LogP contribution < -0.4 is 4.74 Å². The average Bonchev–Trinajstić information content (AvgIpc) is 2.51. The van der Waals surface area contributed by atoms with E-state index in [1.54, 1.807) is 7.11 Å². The van der Waals surface area contributed by atoms with Crippen molar-refractivity contribution in [2.75, 3.05) is 20.2 Å². The second kappa shape index (κ2) is 10.3. The number of hydrogen-bond acceptors (Lipinski definition) is 4. The SMILES string of the molecule is CCN(CCCC(=O)OC(C)C)C(C)Cc1ccc(OC)cc1. The number of benzene rings is 1. The van der Waals surface area contributed by atoms with Gasteiger partial charge in [-0.15, -0.1) is 0 Å². The van der Waals surface area contributed by atoms with Crippen molar-refractivity contribution in [1.29, 1.82) is 0 Å². The van der Waals surface area contributed by atoms with E-state index in [0.29, 0.717) is 12.5 Å². The molecule has 4 heteroatoms. The van der Waals surface area contributed by atoms with Gasteiger partial charge in [0.05, 0.1) is 13.2 Å². The van der Waals surface area contributed by atoms with Crippen molar-refractivity contribution in [3.8, 4) is 5.75 Å². The van der Waals surface area contributed by atoms with E-state index in [4.69, 9.17) is 9.47 Å². The third-order valence-corrected chi connectivity index (χ3v) is 3.91. The van der Waals surface area contributed by atoms with E-state index < -0.39 is 0 Å². The molecule has 4 nitrogen and oxygen atoms in total. The van der Waals surface area contributed by atoms with Crippen LogP contribution in [0, 0.1) is 0 Å². The molecule has 0 N–H and O–H groups in total. The van der Waals surface area contributed by atoms with Crippen LogP contribution in [0.4, 0.5) is 0 Å². The zero-order chi connectivity index (χ0) is 17.2.